The fourth-order valence-corrected chi connectivity index (χ4v) is 2.69. The maximum absolute atomic E-state index is 13.7. The van der Waals surface area contributed by atoms with Gasteiger partial charge in [0.05, 0.1) is 11.7 Å². The van der Waals surface area contributed by atoms with E-state index in [0.29, 0.717) is 31.1 Å². The van der Waals surface area contributed by atoms with E-state index < -0.39 is 11.6 Å². The number of hydrogen-bond acceptors (Lipinski definition) is 2. The Labute approximate surface area is 117 Å². The van der Waals surface area contributed by atoms with Crippen molar-refractivity contribution in [2.45, 2.75) is 32.1 Å². The molecule has 0 amide bonds. The highest BCUT2D eigenvalue weighted by molar-refractivity contribution is 6.18. The van der Waals surface area contributed by atoms with Gasteiger partial charge in [-0.15, -0.1) is 11.6 Å². The lowest BCUT2D eigenvalue weighted by Gasteiger charge is -2.42. The van der Waals surface area contributed by atoms with Crippen molar-refractivity contribution in [2.75, 3.05) is 19.0 Å². The van der Waals surface area contributed by atoms with E-state index in [2.05, 4.69) is 4.90 Å². The average molecular weight is 290 g/mol. The Morgan fingerprint density at radius 2 is 2.16 bits per heavy atom. The second-order valence-corrected chi connectivity index (χ2v) is 5.85. The monoisotopic (exact) mass is 289 g/mol. The summed E-state index contributed by atoms with van der Waals surface area (Å²) in [7, 11) is 0. The van der Waals surface area contributed by atoms with E-state index >= 15 is 0 Å². The van der Waals surface area contributed by atoms with E-state index in [-0.39, 0.29) is 11.7 Å². The Morgan fingerprint density at radius 3 is 2.84 bits per heavy atom. The summed E-state index contributed by atoms with van der Waals surface area (Å²) in [5.74, 6) is -1.18. The van der Waals surface area contributed by atoms with Crippen LogP contribution >= 0.6 is 11.6 Å². The van der Waals surface area contributed by atoms with Gasteiger partial charge in [-0.25, -0.2) is 8.78 Å². The summed E-state index contributed by atoms with van der Waals surface area (Å²) in [6, 6.07) is 4.26. The van der Waals surface area contributed by atoms with Crippen molar-refractivity contribution in [1.29, 1.82) is 0 Å². The fraction of sp³-hybridized carbons (Fsp3) is 0.571. The molecule has 0 saturated carbocycles. The van der Waals surface area contributed by atoms with Crippen molar-refractivity contribution in [3.8, 4) is 0 Å². The highest BCUT2D eigenvalue weighted by atomic mass is 35.5. The minimum atomic E-state index is -0.807. The second kappa shape index (κ2) is 5.73. The lowest BCUT2D eigenvalue weighted by molar-refractivity contribution is -0.129. The summed E-state index contributed by atoms with van der Waals surface area (Å²) in [4.78, 5) is 2.05. The molecule has 1 heterocycles. The average Bonchev–Trinajstić information content (AvgIpc) is 2.33. The molecular weight excluding hydrogens is 272 g/mol. The zero-order valence-corrected chi connectivity index (χ0v) is 11.9. The van der Waals surface area contributed by atoms with Gasteiger partial charge < -0.3 is 4.74 Å². The standard InChI is InChI=1S/C14H18ClF2NO/c1-14(2)9-18(8-11(6-15)19-14)7-10-4-3-5-12(16)13(10)17/h3-5,11H,6-9H2,1-2H3. The van der Waals surface area contributed by atoms with Crippen LogP contribution in [-0.2, 0) is 11.3 Å². The smallest absolute Gasteiger partial charge is 0.163 e. The molecule has 1 aromatic carbocycles. The SMILES string of the molecule is CC1(C)CN(Cc2cccc(F)c2F)CC(CCl)O1. The van der Waals surface area contributed by atoms with Crippen LogP contribution in [0.25, 0.3) is 0 Å². The van der Waals surface area contributed by atoms with E-state index in [1.54, 1.807) is 6.07 Å². The van der Waals surface area contributed by atoms with Gasteiger partial charge in [-0.2, -0.15) is 0 Å². The summed E-state index contributed by atoms with van der Waals surface area (Å²) in [6.45, 7) is 5.60. The summed E-state index contributed by atoms with van der Waals surface area (Å²) in [6.07, 6.45) is -0.0814. The van der Waals surface area contributed by atoms with Crippen LogP contribution in [0.15, 0.2) is 18.2 Å². The number of ether oxygens (including phenoxy) is 1. The molecule has 5 heteroatoms. The third-order valence-corrected chi connectivity index (χ3v) is 3.49. The molecule has 0 aromatic heterocycles. The van der Waals surface area contributed by atoms with Crippen LogP contribution in [0.5, 0.6) is 0 Å². The van der Waals surface area contributed by atoms with E-state index in [1.807, 2.05) is 13.8 Å². The number of alkyl halides is 1. The number of rotatable bonds is 3. The predicted molar refractivity (Wildman–Crippen MR) is 71.3 cm³/mol. The predicted octanol–water partition coefficient (Wildman–Crippen LogP) is 3.18. The van der Waals surface area contributed by atoms with Gasteiger partial charge in [-0.05, 0) is 19.9 Å². The minimum Gasteiger partial charge on any atom is -0.368 e. The number of benzene rings is 1. The largest absolute Gasteiger partial charge is 0.368 e. The van der Waals surface area contributed by atoms with Crippen LogP contribution in [0.4, 0.5) is 8.78 Å². The molecular formula is C14H18ClF2NO. The Morgan fingerprint density at radius 1 is 1.42 bits per heavy atom. The number of hydrogen-bond donors (Lipinski definition) is 0. The van der Waals surface area contributed by atoms with Crippen molar-refractivity contribution in [3.63, 3.8) is 0 Å². The van der Waals surface area contributed by atoms with Crippen molar-refractivity contribution in [3.05, 3.63) is 35.4 Å². The van der Waals surface area contributed by atoms with E-state index in [9.17, 15) is 8.78 Å². The van der Waals surface area contributed by atoms with Crippen LogP contribution in [0, 0.1) is 11.6 Å². The molecule has 2 rings (SSSR count). The second-order valence-electron chi connectivity index (χ2n) is 5.54. The van der Waals surface area contributed by atoms with Gasteiger partial charge in [0.15, 0.2) is 11.6 Å². The van der Waals surface area contributed by atoms with Crippen LogP contribution in [0.3, 0.4) is 0 Å². The quantitative estimate of drug-likeness (QED) is 0.793. The van der Waals surface area contributed by atoms with Gasteiger partial charge in [-0.3, -0.25) is 4.90 Å². The highest BCUT2D eigenvalue weighted by Crippen LogP contribution is 2.24. The molecule has 0 N–H and O–H groups in total. The molecule has 0 aliphatic carbocycles. The Kier molecular flexibility index (Phi) is 4.43. The summed E-state index contributed by atoms with van der Waals surface area (Å²) in [5.41, 5.74) is 0.0349. The van der Waals surface area contributed by atoms with Gasteiger partial charge in [0.25, 0.3) is 0 Å². The molecule has 0 bridgehead atoms. The van der Waals surface area contributed by atoms with Gasteiger partial charge in [0.2, 0.25) is 0 Å². The molecule has 0 spiro atoms. The van der Waals surface area contributed by atoms with Crippen LogP contribution in [0.1, 0.15) is 19.4 Å². The fourth-order valence-electron chi connectivity index (χ4n) is 2.53. The van der Waals surface area contributed by atoms with Crippen molar-refractivity contribution in [1.82, 2.24) is 4.90 Å². The summed E-state index contributed by atoms with van der Waals surface area (Å²) >= 11 is 5.85. The minimum absolute atomic E-state index is 0.0814. The molecule has 1 fully saturated rings. The first-order valence-electron chi connectivity index (χ1n) is 6.30. The first kappa shape index (κ1) is 14.7. The Balaban J connectivity index is 2.11. The number of morpholine rings is 1. The topological polar surface area (TPSA) is 12.5 Å². The highest BCUT2D eigenvalue weighted by Gasteiger charge is 2.33. The molecule has 1 aliphatic heterocycles. The molecule has 1 unspecified atom stereocenters. The lowest BCUT2D eigenvalue weighted by Crippen LogP contribution is -2.52. The molecule has 0 radical (unpaired) electrons. The number of nitrogens with zero attached hydrogens (tertiary/aromatic N) is 1. The van der Waals surface area contributed by atoms with Crippen molar-refractivity contribution >= 4 is 11.6 Å². The Hall–Kier alpha value is -0.710. The molecule has 1 atom stereocenters. The first-order valence-corrected chi connectivity index (χ1v) is 6.84. The van der Waals surface area contributed by atoms with Gasteiger partial charge >= 0.3 is 0 Å². The van der Waals surface area contributed by atoms with Crippen LogP contribution < -0.4 is 0 Å². The van der Waals surface area contributed by atoms with Gasteiger partial charge in [-0.1, -0.05) is 12.1 Å². The molecule has 2 nitrogen and oxygen atoms in total. The van der Waals surface area contributed by atoms with E-state index in [4.69, 9.17) is 16.3 Å². The zero-order chi connectivity index (χ0) is 14.0. The molecule has 1 saturated heterocycles. The first-order chi connectivity index (χ1) is 8.91. The lowest BCUT2D eigenvalue weighted by atomic mass is 10.0. The maximum Gasteiger partial charge on any atom is 0.163 e. The molecule has 106 valence electrons. The summed E-state index contributed by atoms with van der Waals surface area (Å²) in [5, 5.41) is 0. The van der Waals surface area contributed by atoms with Crippen molar-refractivity contribution in [2.24, 2.45) is 0 Å². The Bertz CT molecular complexity index is 453. The normalized spacial score (nSPS) is 23.5. The molecule has 19 heavy (non-hydrogen) atoms. The molecule has 1 aliphatic rings. The van der Waals surface area contributed by atoms with Crippen LogP contribution in [0.2, 0.25) is 0 Å². The van der Waals surface area contributed by atoms with Crippen molar-refractivity contribution < 1.29 is 13.5 Å². The third-order valence-electron chi connectivity index (χ3n) is 3.15. The molecule has 1 aromatic rings. The third kappa shape index (κ3) is 3.65. The van der Waals surface area contributed by atoms with Gasteiger partial charge in [0.1, 0.15) is 0 Å². The number of halogens is 3. The summed E-state index contributed by atoms with van der Waals surface area (Å²) < 4.78 is 32.7. The maximum atomic E-state index is 13.7. The van der Waals surface area contributed by atoms with E-state index in [1.165, 1.54) is 6.07 Å². The van der Waals surface area contributed by atoms with Crippen LogP contribution in [-0.4, -0.2) is 35.6 Å². The zero-order valence-electron chi connectivity index (χ0n) is 11.1. The van der Waals surface area contributed by atoms with Gasteiger partial charge in [0, 0.05) is 31.1 Å². The van der Waals surface area contributed by atoms with E-state index in [0.717, 1.165) is 6.07 Å².